The molecule has 3 N–H and O–H groups in total. The minimum Gasteiger partial charge on any atom is -0.497 e. The zero-order valence-corrected chi connectivity index (χ0v) is 33.5. The van der Waals surface area contributed by atoms with Crippen LogP contribution in [0.2, 0.25) is 0 Å². The van der Waals surface area contributed by atoms with Crippen LogP contribution in [-0.2, 0) is 6.42 Å². The number of ether oxygens (including phenoxy) is 1. The van der Waals surface area contributed by atoms with E-state index in [1.165, 1.54) is 18.1 Å². The van der Waals surface area contributed by atoms with Gasteiger partial charge in [0.05, 0.1) is 25.4 Å². The molecule has 9 rings (SSSR count). The Morgan fingerprint density at radius 2 is 1.71 bits per heavy atom. The molecule has 0 radical (unpaired) electrons. The minimum atomic E-state index is -1.32. The van der Waals surface area contributed by atoms with Crippen LogP contribution in [0.4, 0.5) is 19.3 Å². The number of allylic oxidation sites excluding steroid dienone is 2. The molecular formula is C47H58F2N2O5. The number of rotatable bonds is 8. The molecule has 3 aromatic rings. The van der Waals surface area contributed by atoms with Gasteiger partial charge in [0.25, 0.3) is 0 Å². The molecule has 0 aromatic heterocycles. The molecule has 0 spiro atoms. The third-order valence-corrected chi connectivity index (χ3v) is 14.6. The molecule has 6 aliphatic carbocycles. The van der Waals surface area contributed by atoms with Crippen molar-refractivity contribution in [2.75, 3.05) is 25.5 Å². The lowest BCUT2D eigenvalue weighted by atomic mass is 9.45. The van der Waals surface area contributed by atoms with Gasteiger partial charge >= 0.3 is 6.03 Å². The summed E-state index contributed by atoms with van der Waals surface area (Å²) in [5.41, 5.74) is 1.83. The number of carbonyl (C=O) groups excluding carboxylic acids is 2. The number of amides is 2. The van der Waals surface area contributed by atoms with Gasteiger partial charge in [-0.2, -0.15) is 0 Å². The van der Waals surface area contributed by atoms with Crippen LogP contribution >= 0.6 is 0 Å². The summed E-state index contributed by atoms with van der Waals surface area (Å²) in [6.07, 6.45) is 8.76. The molecule has 3 aromatic carbocycles. The van der Waals surface area contributed by atoms with E-state index >= 15 is 0 Å². The summed E-state index contributed by atoms with van der Waals surface area (Å²) < 4.78 is 33.9. The number of methoxy groups -OCH3 is 1. The van der Waals surface area contributed by atoms with Gasteiger partial charge in [-0.1, -0.05) is 44.6 Å². The fourth-order valence-corrected chi connectivity index (χ4v) is 10.9. The van der Waals surface area contributed by atoms with E-state index in [1.54, 1.807) is 13.2 Å². The Labute approximate surface area is 330 Å². The van der Waals surface area contributed by atoms with Crippen molar-refractivity contribution in [3.05, 3.63) is 106 Å². The fraction of sp³-hybridized carbons (Fsp3) is 0.532. The van der Waals surface area contributed by atoms with Gasteiger partial charge in [0, 0.05) is 28.8 Å². The third kappa shape index (κ3) is 7.66. The van der Waals surface area contributed by atoms with Crippen LogP contribution in [0.1, 0.15) is 118 Å². The number of aliphatic hydroxyl groups excluding tert-OH is 1. The van der Waals surface area contributed by atoms with Crippen molar-refractivity contribution >= 4 is 17.5 Å². The molecule has 7 atom stereocenters. The van der Waals surface area contributed by atoms with Crippen LogP contribution in [0.15, 0.2) is 72.3 Å². The number of urea groups is 1. The van der Waals surface area contributed by atoms with Gasteiger partial charge in [-0.25, -0.2) is 13.6 Å². The number of benzene rings is 3. The van der Waals surface area contributed by atoms with Crippen molar-refractivity contribution in [2.45, 2.75) is 110 Å². The minimum absolute atomic E-state index is 0.0347. The van der Waals surface area contributed by atoms with Crippen LogP contribution in [0.5, 0.6) is 5.75 Å². The molecule has 0 aliphatic heterocycles. The maximum absolute atomic E-state index is 14.5. The molecule has 0 saturated heterocycles. The number of nitrogens with one attached hydrogen (secondary N) is 1. The van der Waals surface area contributed by atoms with Crippen molar-refractivity contribution in [3.63, 3.8) is 0 Å². The Balaban J connectivity index is 1.27. The van der Waals surface area contributed by atoms with E-state index in [4.69, 9.17) is 4.74 Å². The summed E-state index contributed by atoms with van der Waals surface area (Å²) in [5.74, 6) is -0.642. The highest BCUT2D eigenvalue weighted by Gasteiger charge is 2.59. The van der Waals surface area contributed by atoms with Crippen molar-refractivity contribution < 1.29 is 33.3 Å². The molecule has 0 heterocycles. The first-order valence-corrected chi connectivity index (χ1v) is 20.5. The highest BCUT2D eigenvalue weighted by molar-refractivity contribution is 6.10. The second-order valence-corrected chi connectivity index (χ2v) is 18.1. The summed E-state index contributed by atoms with van der Waals surface area (Å²) in [5, 5.41) is 27.3. The number of carbonyl (C=O) groups is 2. The zero-order valence-electron chi connectivity index (χ0n) is 33.5. The Kier molecular flexibility index (Phi) is 11.2. The maximum atomic E-state index is 14.5. The lowest BCUT2D eigenvalue weighted by Gasteiger charge is -2.60. The fourth-order valence-electron chi connectivity index (χ4n) is 10.9. The highest BCUT2D eigenvalue weighted by Crippen LogP contribution is 2.62. The predicted octanol–water partition coefficient (Wildman–Crippen LogP) is 9.85. The van der Waals surface area contributed by atoms with Crippen LogP contribution in [0, 0.1) is 40.2 Å². The van der Waals surface area contributed by atoms with E-state index in [0.717, 1.165) is 36.1 Å². The van der Waals surface area contributed by atoms with E-state index in [0.29, 0.717) is 86.2 Å². The third-order valence-electron chi connectivity index (χ3n) is 14.6. The van der Waals surface area contributed by atoms with E-state index in [9.17, 15) is 28.6 Å². The number of hydrogen-bond donors (Lipinski definition) is 3. The highest BCUT2D eigenvalue weighted by atomic mass is 19.2. The lowest BCUT2D eigenvalue weighted by molar-refractivity contribution is -0.117. The second kappa shape index (κ2) is 15.7. The summed E-state index contributed by atoms with van der Waals surface area (Å²) in [4.78, 5) is 30.6. The topological polar surface area (TPSA) is 99.1 Å². The van der Waals surface area contributed by atoms with Gasteiger partial charge < -0.3 is 25.2 Å². The number of halogens is 2. The standard InChI is InChI=1S/C47H58F2N2O5/c1-29-7-6-21-46(4)39(37-18-9-30(23-35(52)15-8-29)24-38(37)43(53)31-11-19-41(48)42(49)25-31)20-22-47(46,55)28-51(27-32-10-12-33-26-40(32)45(33,2)3)44(54)50-34-13-16-36(56-5)17-14-34/h7,9,11,13-14,16-19,24-25,32-33,35,39-40,52,55H,6,8,10,12,15,20-23,26-28H2,1-5H3,(H,50,54). The molecule has 6 aliphatic rings. The largest absolute Gasteiger partial charge is 0.497 e. The molecule has 7 nitrogen and oxygen atoms in total. The average Bonchev–Trinajstić information content (AvgIpc) is 3.43. The van der Waals surface area contributed by atoms with E-state index in [-0.39, 0.29) is 29.5 Å². The van der Waals surface area contributed by atoms with Crippen molar-refractivity contribution in [2.24, 2.45) is 28.6 Å². The van der Waals surface area contributed by atoms with Crippen LogP contribution < -0.4 is 10.1 Å². The quantitative estimate of drug-likeness (QED) is 0.157. The number of fused-ring (bicyclic) bond motifs is 10. The number of nitrogens with zero attached hydrogens (tertiary/aromatic N) is 1. The maximum Gasteiger partial charge on any atom is 0.321 e. The van der Waals surface area contributed by atoms with E-state index in [2.05, 4.69) is 39.1 Å². The molecular weight excluding hydrogens is 711 g/mol. The SMILES string of the molecule is COc1ccc(NC(=O)N(CC2CCC3CC2C3(C)C)CC2(O)CCC3c4ccc(cc4C(=O)c4ccc(F)c(F)c4)CC(O)CCC(C)=CCCC32C)cc1. The molecule has 4 fully saturated rings. The number of aliphatic hydroxyl groups is 2. The van der Waals surface area contributed by atoms with E-state index < -0.39 is 34.5 Å². The number of hydrogen-bond acceptors (Lipinski definition) is 5. The Bertz CT molecular complexity index is 1980. The molecule has 7 unspecified atom stereocenters. The van der Waals surface area contributed by atoms with Gasteiger partial charge in [0.15, 0.2) is 17.4 Å². The normalized spacial score (nSPS) is 29.7. The number of anilines is 1. The van der Waals surface area contributed by atoms with Crippen LogP contribution in [0.3, 0.4) is 0 Å². The first-order chi connectivity index (χ1) is 26.6. The summed E-state index contributed by atoms with van der Waals surface area (Å²) >= 11 is 0. The molecule has 2 amide bonds. The van der Waals surface area contributed by atoms with Gasteiger partial charge in [-0.3, -0.25) is 4.79 Å². The van der Waals surface area contributed by atoms with Crippen molar-refractivity contribution in [1.82, 2.24) is 4.90 Å². The van der Waals surface area contributed by atoms with Crippen molar-refractivity contribution in [3.8, 4) is 5.75 Å². The smallest absolute Gasteiger partial charge is 0.321 e. The van der Waals surface area contributed by atoms with Gasteiger partial charge in [0.2, 0.25) is 0 Å². The predicted molar refractivity (Wildman–Crippen MR) is 215 cm³/mol. The molecule has 4 saturated carbocycles. The van der Waals surface area contributed by atoms with Crippen LogP contribution in [-0.4, -0.2) is 58.8 Å². The summed E-state index contributed by atoms with van der Waals surface area (Å²) in [6, 6.07) is 15.9. The summed E-state index contributed by atoms with van der Waals surface area (Å²) in [6.45, 7) is 9.53. The molecule has 4 bridgehead atoms. The van der Waals surface area contributed by atoms with Crippen LogP contribution in [0.25, 0.3) is 0 Å². The monoisotopic (exact) mass is 768 g/mol. The first-order valence-electron chi connectivity index (χ1n) is 20.5. The summed E-state index contributed by atoms with van der Waals surface area (Å²) in [7, 11) is 1.60. The molecule has 56 heavy (non-hydrogen) atoms. The molecule has 9 heteroatoms. The van der Waals surface area contributed by atoms with E-state index in [1.807, 2.05) is 41.3 Å². The Morgan fingerprint density at radius 1 is 0.946 bits per heavy atom. The Morgan fingerprint density at radius 3 is 2.41 bits per heavy atom. The molecule has 300 valence electrons. The van der Waals surface area contributed by atoms with Gasteiger partial charge in [0.1, 0.15) is 5.75 Å². The lowest BCUT2D eigenvalue weighted by Crippen LogP contribution is -2.58. The van der Waals surface area contributed by atoms with Gasteiger partial charge in [-0.15, -0.1) is 0 Å². The van der Waals surface area contributed by atoms with Gasteiger partial charge in [-0.05, 0) is 160 Å². The van der Waals surface area contributed by atoms with Crippen molar-refractivity contribution in [1.29, 1.82) is 0 Å². The first kappa shape index (κ1) is 40.1. The zero-order chi connectivity index (χ0) is 40.0. The average molecular weight is 769 g/mol. The Hall–Kier alpha value is -4.08. The second-order valence-electron chi connectivity index (χ2n) is 18.1. The number of ketones is 1.